The zero-order valence-corrected chi connectivity index (χ0v) is 16.2. The number of nitrogens with one attached hydrogen (secondary N) is 2. The molecule has 1 fully saturated rings. The van der Waals surface area contributed by atoms with Crippen LogP contribution < -0.4 is 10.6 Å². The lowest BCUT2D eigenvalue weighted by Crippen LogP contribution is -2.32. The van der Waals surface area contributed by atoms with Crippen molar-refractivity contribution in [3.05, 3.63) is 54.1 Å². The molecule has 1 aliphatic rings. The van der Waals surface area contributed by atoms with E-state index in [0.717, 1.165) is 23.4 Å². The van der Waals surface area contributed by atoms with Crippen LogP contribution in [-0.4, -0.2) is 36.6 Å². The van der Waals surface area contributed by atoms with Gasteiger partial charge in [-0.1, -0.05) is 6.07 Å². The Balaban J connectivity index is 1.55. The highest BCUT2D eigenvalue weighted by atomic mass is 19.4. The molecule has 31 heavy (non-hydrogen) atoms. The molecule has 160 valence electrons. The number of hydrogen-bond acceptors (Lipinski definition) is 7. The minimum Gasteiger partial charge on any atom is -0.480 e. The van der Waals surface area contributed by atoms with Gasteiger partial charge in [0, 0.05) is 29.8 Å². The van der Waals surface area contributed by atoms with Crippen LogP contribution in [0.25, 0.3) is 11.1 Å². The van der Waals surface area contributed by atoms with E-state index in [4.69, 9.17) is 0 Å². The Morgan fingerprint density at radius 3 is 2.39 bits per heavy atom. The number of alkyl halides is 3. The minimum absolute atomic E-state index is 0.175. The fraction of sp³-hybridized carbons (Fsp3) is 0.250. The Labute approximate surface area is 174 Å². The van der Waals surface area contributed by atoms with Crippen molar-refractivity contribution in [3.8, 4) is 11.1 Å². The van der Waals surface area contributed by atoms with Gasteiger partial charge in [-0.3, -0.25) is 0 Å². The normalized spacial score (nSPS) is 14.7. The van der Waals surface area contributed by atoms with Gasteiger partial charge in [0.05, 0.1) is 0 Å². The maximum atomic E-state index is 12.9. The third-order valence-electron chi connectivity index (χ3n) is 4.78. The molecule has 1 saturated carbocycles. The molecule has 11 heteroatoms. The standard InChI is InChI=1S/C20H17F3N6O2/c1-11-6-12(13-9-25-17(26-10-13)29-19(3-4-19)16(30)31)8-14(7-11)27-18-24-5-2-15(28-18)20(21,22)23/h2,5-10H,3-4H2,1H3,(H,30,31)(H,24,27,28)(H,25,26,29). The molecular weight excluding hydrogens is 413 g/mol. The van der Waals surface area contributed by atoms with Crippen LogP contribution in [0.3, 0.4) is 0 Å². The van der Waals surface area contributed by atoms with Crippen molar-refractivity contribution in [2.24, 2.45) is 0 Å². The Hall–Kier alpha value is -3.76. The highest BCUT2D eigenvalue weighted by Crippen LogP contribution is 2.38. The number of anilines is 3. The van der Waals surface area contributed by atoms with E-state index in [1.54, 1.807) is 24.5 Å². The molecule has 3 aromatic rings. The molecule has 0 spiro atoms. The van der Waals surface area contributed by atoms with Crippen LogP contribution in [0.1, 0.15) is 24.1 Å². The maximum absolute atomic E-state index is 12.9. The summed E-state index contributed by atoms with van der Waals surface area (Å²) in [7, 11) is 0. The number of aryl methyl sites for hydroxylation is 1. The van der Waals surface area contributed by atoms with Crippen LogP contribution in [0.5, 0.6) is 0 Å². The summed E-state index contributed by atoms with van der Waals surface area (Å²) in [5, 5.41) is 14.9. The van der Waals surface area contributed by atoms with Gasteiger partial charge in [0.25, 0.3) is 0 Å². The Morgan fingerprint density at radius 1 is 1.06 bits per heavy atom. The number of benzene rings is 1. The lowest BCUT2D eigenvalue weighted by molar-refractivity contribution is -0.141. The van der Waals surface area contributed by atoms with Crippen LogP contribution in [0.4, 0.5) is 30.8 Å². The first-order valence-corrected chi connectivity index (χ1v) is 9.28. The molecule has 1 aliphatic carbocycles. The Morgan fingerprint density at radius 2 is 1.77 bits per heavy atom. The predicted octanol–water partition coefficient (Wildman–Crippen LogP) is 4.03. The van der Waals surface area contributed by atoms with Crippen molar-refractivity contribution in [2.45, 2.75) is 31.5 Å². The number of hydrogen-bond donors (Lipinski definition) is 3. The van der Waals surface area contributed by atoms with Crippen molar-refractivity contribution < 1.29 is 23.1 Å². The Bertz CT molecular complexity index is 1130. The molecule has 4 rings (SSSR count). The molecule has 0 radical (unpaired) electrons. The van der Waals surface area contributed by atoms with E-state index >= 15 is 0 Å². The fourth-order valence-electron chi connectivity index (χ4n) is 3.00. The van der Waals surface area contributed by atoms with Crippen LogP contribution in [0.15, 0.2) is 42.9 Å². The summed E-state index contributed by atoms with van der Waals surface area (Å²) in [6.45, 7) is 1.84. The van der Waals surface area contributed by atoms with Gasteiger partial charge in [-0.15, -0.1) is 0 Å². The summed E-state index contributed by atoms with van der Waals surface area (Å²) in [4.78, 5) is 27.0. The van der Waals surface area contributed by atoms with Gasteiger partial charge in [-0.25, -0.2) is 24.7 Å². The van der Waals surface area contributed by atoms with E-state index in [1.165, 1.54) is 0 Å². The predicted molar refractivity (Wildman–Crippen MR) is 106 cm³/mol. The van der Waals surface area contributed by atoms with Crippen molar-refractivity contribution in [2.75, 3.05) is 10.6 Å². The van der Waals surface area contributed by atoms with Gasteiger partial charge < -0.3 is 15.7 Å². The molecule has 0 amide bonds. The van der Waals surface area contributed by atoms with E-state index in [2.05, 4.69) is 30.6 Å². The molecule has 0 atom stereocenters. The average molecular weight is 430 g/mol. The van der Waals surface area contributed by atoms with E-state index in [-0.39, 0.29) is 11.9 Å². The van der Waals surface area contributed by atoms with Gasteiger partial charge in [-0.2, -0.15) is 13.2 Å². The number of aliphatic carboxylic acids is 1. The van der Waals surface area contributed by atoms with Crippen LogP contribution in [-0.2, 0) is 11.0 Å². The van der Waals surface area contributed by atoms with Crippen molar-refractivity contribution in [3.63, 3.8) is 0 Å². The molecule has 0 bridgehead atoms. The zero-order valence-electron chi connectivity index (χ0n) is 16.2. The SMILES string of the molecule is Cc1cc(Nc2nccc(C(F)(F)F)n2)cc(-c2cnc(NC3(C(=O)O)CC3)nc2)c1. The van der Waals surface area contributed by atoms with Gasteiger partial charge in [0.1, 0.15) is 11.2 Å². The van der Waals surface area contributed by atoms with E-state index < -0.39 is 23.4 Å². The third-order valence-corrected chi connectivity index (χ3v) is 4.78. The smallest absolute Gasteiger partial charge is 0.433 e. The topological polar surface area (TPSA) is 113 Å². The third kappa shape index (κ3) is 4.55. The minimum atomic E-state index is -4.57. The van der Waals surface area contributed by atoms with Crippen LogP contribution in [0, 0.1) is 6.92 Å². The molecule has 8 nitrogen and oxygen atoms in total. The first-order valence-electron chi connectivity index (χ1n) is 9.28. The highest BCUT2D eigenvalue weighted by molar-refractivity contribution is 5.85. The number of carbonyl (C=O) groups is 1. The molecule has 2 heterocycles. The van der Waals surface area contributed by atoms with Gasteiger partial charge in [-0.05, 0) is 49.1 Å². The maximum Gasteiger partial charge on any atom is 0.433 e. The second kappa shape index (κ2) is 7.49. The van der Waals surface area contributed by atoms with E-state index in [1.807, 2.05) is 13.0 Å². The number of aromatic nitrogens is 4. The van der Waals surface area contributed by atoms with Crippen molar-refractivity contribution in [1.82, 2.24) is 19.9 Å². The lowest BCUT2D eigenvalue weighted by Gasteiger charge is -2.13. The van der Waals surface area contributed by atoms with Crippen molar-refractivity contribution in [1.29, 1.82) is 0 Å². The monoisotopic (exact) mass is 430 g/mol. The molecule has 2 aromatic heterocycles. The fourth-order valence-corrected chi connectivity index (χ4v) is 3.00. The zero-order chi connectivity index (χ0) is 22.2. The summed E-state index contributed by atoms with van der Waals surface area (Å²) < 4.78 is 38.6. The Kier molecular flexibility index (Phi) is 4.96. The largest absolute Gasteiger partial charge is 0.480 e. The number of rotatable bonds is 6. The summed E-state index contributed by atoms with van der Waals surface area (Å²) in [6.07, 6.45) is 0.594. The number of carboxylic acid groups (broad SMARTS) is 1. The van der Waals surface area contributed by atoms with Crippen LogP contribution in [0.2, 0.25) is 0 Å². The summed E-state index contributed by atoms with van der Waals surface area (Å²) in [6, 6.07) is 6.12. The quantitative estimate of drug-likeness (QED) is 0.537. The summed E-state index contributed by atoms with van der Waals surface area (Å²) in [5.41, 5.74) is 0.690. The number of nitrogens with zero attached hydrogens (tertiary/aromatic N) is 4. The lowest BCUT2D eigenvalue weighted by atomic mass is 10.1. The molecular formula is C20H17F3N6O2. The van der Waals surface area contributed by atoms with Crippen LogP contribution >= 0.6 is 0 Å². The highest BCUT2D eigenvalue weighted by Gasteiger charge is 2.51. The summed E-state index contributed by atoms with van der Waals surface area (Å²) >= 11 is 0. The number of carboxylic acids is 1. The van der Waals surface area contributed by atoms with Gasteiger partial charge in [0.15, 0.2) is 0 Å². The molecule has 0 unspecified atom stereocenters. The molecule has 3 N–H and O–H groups in total. The van der Waals surface area contributed by atoms with Gasteiger partial charge >= 0.3 is 12.1 Å². The first kappa shape index (κ1) is 20.5. The second-order valence-corrected chi connectivity index (χ2v) is 7.28. The first-order chi connectivity index (χ1) is 14.6. The van der Waals surface area contributed by atoms with E-state index in [0.29, 0.717) is 24.1 Å². The van der Waals surface area contributed by atoms with Crippen molar-refractivity contribution >= 4 is 23.6 Å². The average Bonchev–Trinajstić information content (AvgIpc) is 3.49. The van der Waals surface area contributed by atoms with E-state index in [9.17, 15) is 23.1 Å². The summed E-state index contributed by atoms with van der Waals surface area (Å²) in [5.74, 6) is -0.899. The number of halogens is 3. The van der Waals surface area contributed by atoms with Gasteiger partial charge in [0.2, 0.25) is 11.9 Å². The second-order valence-electron chi connectivity index (χ2n) is 7.28. The molecule has 0 aliphatic heterocycles. The molecule has 1 aromatic carbocycles. The molecule has 0 saturated heterocycles.